The van der Waals surface area contributed by atoms with Gasteiger partial charge in [-0.1, -0.05) is 0 Å². The van der Waals surface area contributed by atoms with E-state index in [-0.39, 0.29) is 37.3 Å². The molecule has 0 spiro atoms. The van der Waals surface area contributed by atoms with Gasteiger partial charge in [0.2, 0.25) is 0 Å². The van der Waals surface area contributed by atoms with Crippen molar-refractivity contribution in [3.63, 3.8) is 0 Å². The van der Waals surface area contributed by atoms with E-state index in [1.165, 1.54) is 0 Å². The van der Waals surface area contributed by atoms with E-state index in [4.69, 9.17) is 15.3 Å². The summed E-state index contributed by atoms with van der Waals surface area (Å²) in [5.41, 5.74) is -9.01. The Hall–Kier alpha value is -7.09. The standard InChI is InChI=1S/3C6H3N3O7.Er/c3*10-6-4(8(13)14)1-3(7(11)12)2-5(6)9(15)16;/h3*1-2,10H;. The van der Waals surface area contributed by atoms with Gasteiger partial charge in [0, 0.05) is 37.3 Å². The zero-order valence-corrected chi connectivity index (χ0v) is 24.3. The minimum absolute atomic E-state index is 0. The van der Waals surface area contributed by atoms with Crippen molar-refractivity contribution in [3.8, 4) is 17.2 Å². The van der Waals surface area contributed by atoms with Gasteiger partial charge in [0.05, 0.1) is 80.7 Å². The number of nitrogens with zero attached hydrogens (tertiary/aromatic N) is 9. The smallest absolute Gasteiger partial charge is 0.324 e. The molecule has 0 radical (unpaired) electrons. The van der Waals surface area contributed by atoms with E-state index in [0.717, 1.165) is 0 Å². The van der Waals surface area contributed by atoms with Crippen LogP contribution in [0.1, 0.15) is 0 Å². The van der Waals surface area contributed by atoms with E-state index in [9.17, 15) is 91.0 Å². The maximum atomic E-state index is 10.4. The summed E-state index contributed by atoms with van der Waals surface area (Å²) in [5, 5.41) is 121. The molecule has 3 aromatic carbocycles. The molecule has 0 aliphatic rings. The topological polar surface area (TPSA) is 449 Å². The maximum Gasteiger partial charge on any atom is 0.324 e. The van der Waals surface area contributed by atoms with Crippen molar-refractivity contribution in [3.05, 3.63) is 127 Å². The number of benzene rings is 3. The normalized spacial score (nSPS) is 9.55. The van der Waals surface area contributed by atoms with Gasteiger partial charge in [-0.3, -0.25) is 91.0 Å². The quantitative estimate of drug-likeness (QED) is 0.205. The number of hydrogen-bond acceptors (Lipinski definition) is 21. The predicted octanol–water partition coefficient (Wildman–Crippen LogP) is 3.35. The van der Waals surface area contributed by atoms with Crippen LogP contribution in [0.4, 0.5) is 51.2 Å². The van der Waals surface area contributed by atoms with Crippen LogP contribution >= 0.6 is 0 Å². The molecule has 264 valence electrons. The third-order valence-corrected chi connectivity index (χ3v) is 4.98. The number of nitro groups is 9. The number of non-ortho nitro benzene ring substituents is 3. The molecule has 0 unspecified atom stereocenters. The molecule has 31 heteroatoms. The average molecular weight is 855 g/mol. The van der Waals surface area contributed by atoms with Gasteiger partial charge in [-0.2, -0.15) is 0 Å². The third-order valence-electron chi connectivity index (χ3n) is 4.98. The molecule has 3 N–H and O–H groups in total. The van der Waals surface area contributed by atoms with Gasteiger partial charge in [-0.05, 0) is 0 Å². The van der Waals surface area contributed by atoms with Gasteiger partial charge in [0.1, 0.15) is 0 Å². The average Bonchev–Trinajstić information content (AvgIpc) is 2.96. The molecule has 0 heterocycles. The Morgan fingerprint density at radius 3 is 0.510 bits per heavy atom. The summed E-state index contributed by atoms with van der Waals surface area (Å²) >= 11 is 0. The molecular weight excluding hydrogens is 846 g/mol. The van der Waals surface area contributed by atoms with Crippen LogP contribution in [0, 0.1) is 128 Å². The minimum atomic E-state index is -1.21. The zero-order valence-electron chi connectivity index (χ0n) is 22.5. The Labute approximate surface area is 292 Å². The molecule has 0 saturated carbocycles. The van der Waals surface area contributed by atoms with Gasteiger partial charge in [-0.25, -0.2) is 0 Å². The number of phenols is 3. The summed E-state index contributed by atoms with van der Waals surface area (Å²) in [5.74, 6) is -3.62. The fourth-order valence-electron chi connectivity index (χ4n) is 2.92. The summed E-state index contributed by atoms with van der Waals surface area (Å²) in [6.45, 7) is 0. The molecule has 0 aliphatic heterocycles. The molecule has 3 aromatic rings. The Morgan fingerprint density at radius 1 is 0.306 bits per heavy atom. The van der Waals surface area contributed by atoms with Gasteiger partial charge in [0.15, 0.2) is 0 Å². The first-order valence-electron chi connectivity index (χ1n) is 10.9. The summed E-state index contributed by atoms with van der Waals surface area (Å²) in [6, 6.07) is 2.68. The first-order chi connectivity index (χ1) is 22.0. The van der Waals surface area contributed by atoms with Crippen molar-refractivity contribution >= 4 is 51.2 Å². The molecule has 3 rings (SSSR count). The van der Waals surface area contributed by atoms with Crippen LogP contribution in [0.15, 0.2) is 36.4 Å². The minimum Gasteiger partial charge on any atom is -0.497 e. The predicted molar refractivity (Wildman–Crippen MR) is 144 cm³/mol. The molecule has 0 aliphatic carbocycles. The van der Waals surface area contributed by atoms with Crippen LogP contribution in [-0.2, 0) is 0 Å². The van der Waals surface area contributed by atoms with Crippen LogP contribution in [0.5, 0.6) is 17.2 Å². The van der Waals surface area contributed by atoms with Crippen molar-refractivity contribution in [2.45, 2.75) is 0 Å². The van der Waals surface area contributed by atoms with E-state index in [2.05, 4.69) is 0 Å². The molecule has 0 amide bonds. The van der Waals surface area contributed by atoms with Crippen molar-refractivity contribution in [1.82, 2.24) is 0 Å². The van der Waals surface area contributed by atoms with E-state index in [1.54, 1.807) is 0 Å². The monoisotopic (exact) mass is 853 g/mol. The summed E-state index contributed by atoms with van der Waals surface area (Å²) in [6.07, 6.45) is 0. The Morgan fingerprint density at radius 2 is 0.429 bits per heavy atom. The van der Waals surface area contributed by atoms with Gasteiger partial charge in [-0.15, -0.1) is 0 Å². The molecule has 49 heavy (non-hydrogen) atoms. The van der Waals surface area contributed by atoms with Crippen molar-refractivity contribution in [2.24, 2.45) is 0 Å². The van der Waals surface area contributed by atoms with Gasteiger partial charge < -0.3 is 15.3 Å². The number of aromatic hydroxyl groups is 3. The van der Waals surface area contributed by atoms with Gasteiger partial charge in [0.25, 0.3) is 34.3 Å². The second-order valence-electron chi connectivity index (χ2n) is 7.81. The van der Waals surface area contributed by atoms with Crippen LogP contribution < -0.4 is 0 Å². The van der Waals surface area contributed by atoms with E-state index in [0.29, 0.717) is 36.4 Å². The van der Waals surface area contributed by atoms with E-state index in [1.807, 2.05) is 0 Å². The van der Waals surface area contributed by atoms with Gasteiger partial charge >= 0.3 is 34.1 Å². The molecular formula is C18H9ErN9O21. The zero-order chi connectivity index (χ0) is 37.4. The molecule has 30 nitrogen and oxygen atoms in total. The fourth-order valence-corrected chi connectivity index (χ4v) is 2.92. The van der Waals surface area contributed by atoms with Crippen molar-refractivity contribution in [1.29, 1.82) is 0 Å². The molecule has 0 bridgehead atoms. The second kappa shape index (κ2) is 17.0. The fraction of sp³-hybridized carbons (Fsp3) is 0. The first-order valence-corrected chi connectivity index (χ1v) is 10.9. The largest absolute Gasteiger partial charge is 0.497 e. The third kappa shape index (κ3) is 10.5. The second-order valence-corrected chi connectivity index (χ2v) is 7.81. The van der Waals surface area contributed by atoms with Crippen molar-refractivity contribution < 1.29 is 96.9 Å². The Bertz CT molecular complexity index is 1610. The van der Waals surface area contributed by atoms with Crippen LogP contribution in [-0.4, -0.2) is 59.6 Å². The summed E-state index contributed by atoms with van der Waals surface area (Å²) < 4.78 is 0. The van der Waals surface area contributed by atoms with Crippen molar-refractivity contribution in [2.75, 3.05) is 0 Å². The Balaban J connectivity index is 0.000000698. The number of hydrogen-bond donors (Lipinski definition) is 3. The molecule has 0 saturated heterocycles. The molecule has 0 aromatic heterocycles. The molecule has 0 atom stereocenters. The first kappa shape index (κ1) is 41.9. The molecule has 0 fully saturated rings. The maximum absolute atomic E-state index is 10.4. The summed E-state index contributed by atoms with van der Waals surface area (Å²) in [4.78, 5) is 83.3. The SMILES string of the molecule is O=[N+]([O-])c1cc([N+](=O)[O-])c(O)c([N+](=O)[O-])c1.O=[N+]([O-])c1cc([N+](=O)[O-])c(O)c([N+](=O)[O-])c1.O=[N+]([O-])c1cc([N+](=O)[O-])c(O)c([N+](=O)[O-])c1.[Er]. The van der Waals surface area contributed by atoms with Crippen LogP contribution in [0.3, 0.4) is 0 Å². The van der Waals surface area contributed by atoms with E-state index < -0.39 is 113 Å². The number of rotatable bonds is 9. The number of phenolic OH excluding ortho intramolecular Hbond substituents is 3. The van der Waals surface area contributed by atoms with E-state index >= 15 is 0 Å². The van der Waals surface area contributed by atoms with Crippen LogP contribution in [0.25, 0.3) is 0 Å². The van der Waals surface area contributed by atoms with Crippen LogP contribution in [0.2, 0.25) is 0 Å². The summed E-state index contributed by atoms with van der Waals surface area (Å²) in [7, 11) is 0. The Kier molecular flexibility index (Phi) is 14.5. The number of nitro benzene ring substituents is 9.